The lowest BCUT2D eigenvalue weighted by Gasteiger charge is -2.17. The Labute approximate surface area is 152 Å². The third-order valence-electron chi connectivity index (χ3n) is 3.39. The van der Waals surface area contributed by atoms with E-state index in [0.29, 0.717) is 13.0 Å². The van der Waals surface area contributed by atoms with Gasteiger partial charge in [0.2, 0.25) is 0 Å². The first kappa shape index (κ1) is 18.7. The summed E-state index contributed by atoms with van der Waals surface area (Å²) in [6.07, 6.45) is 0.182. The topological polar surface area (TPSA) is 38.3 Å². The molecule has 1 amide bonds. The van der Waals surface area contributed by atoms with E-state index >= 15 is 0 Å². The molecule has 0 unspecified atom stereocenters. The predicted molar refractivity (Wildman–Crippen MR) is 102 cm³/mol. The molecule has 0 aliphatic heterocycles. The fraction of sp³-hybridized carbons (Fsp3) is 0.316. The molecule has 2 rings (SSSR count). The van der Waals surface area contributed by atoms with Crippen LogP contribution in [0.15, 0.2) is 54.6 Å². The Hall–Kier alpha value is -1.65. The molecule has 1 atom stereocenters. The van der Waals surface area contributed by atoms with Crippen molar-refractivity contribution in [3.8, 4) is 5.75 Å². The Morgan fingerprint density at radius 2 is 2.00 bits per heavy atom. The van der Waals surface area contributed by atoms with Crippen LogP contribution in [-0.4, -0.2) is 24.3 Å². The van der Waals surface area contributed by atoms with Gasteiger partial charge in [0.15, 0.2) is 6.10 Å². The predicted octanol–water partition coefficient (Wildman–Crippen LogP) is 4.55. The first-order chi connectivity index (χ1) is 11.7. The van der Waals surface area contributed by atoms with Crippen molar-refractivity contribution < 1.29 is 9.53 Å². The average molecular weight is 364 g/mol. The minimum absolute atomic E-state index is 0.0651. The first-order valence-corrected chi connectivity index (χ1v) is 9.54. The number of hydrogen-bond acceptors (Lipinski definition) is 3. The van der Waals surface area contributed by atoms with Crippen LogP contribution in [0.2, 0.25) is 5.02 Å². The van der Waals surface area contributed by atoms with Crippen molar-refractivity contribution in [2.45, 2.75) is 25.2 Å². The van der Waals surface area contributed by atoms with E-state index in [2.05, 4.69) is 11.4 Å². The van der Waals surface area contributed by atoms with Gasteiger partial charge in [-0.2, -0.15) is 11.8 Å². The van der Waals surface area contributed by atoms with E-state index in [0.717, 1.165) is 22.3 Å². The number of carbonyl (C=O) groups is 1. The summed E-state index contributed by atoms with van der Waals surface area (Å²) in [6.45, 7) is 2.57. The third-order valence-corrected chi connectivity index (χ3v) is 4.65. The summed E-state index contributed by atoms with van der Waals surface area (Å²) in [5.41, 5.74) is 1.19. The molecule has 0 spiro atoms. The molecule has 0 aliphatic carbocycles. The number of ether oxygens (including phenoxy) is 1. The highest BCUT2D eigenvalue weighted by molar-refractivity contribution is 7.98. The number of para-hydroxylation sites is 1. The van der Waals surface area contributed by atoms with Gasteiger partial charge in [-0.3, -0.25) is 4.79 Å². The fourth-order valence-electron chi connectivity index (χ4n) is 2.16. The van der Waals surface area contributed by atoms with Crippen LogP contribution >= 0.6 is 23.4 Å². The van der Waals surface area contributed by atoms with E-state index in [1.807, 2.05) is 55.5 Å². The van der Waals surface area contributed by atoms with Gasteiger partial charge in [-0.05, 0) is 36.2 Å². The van der Waals surface area contributed by atoms with Crippen molar-refractivity contribution in [1.82, 2.24) is 5.32 Å². The molecule has 2 aromatic rings. The molecule has 24 heavy (non-hydrogen) atoms. The van der Waals surface area contributed by atoms with Crippen molar-refractivity contribution in [2.24, 2.45) is 0 Å². The van der Waals surface area contributed by atoms with Gasteiger partial charge in [0, 0.05) is 23.1 Å². The highest BCUT2D eigenvalue weighted by Crippen LogP contribution is 2.16. The zero-order chi connectivity index (χ0) is 17.2. The van der Waals surface area contributed by atoms with Gasteiger partial charge in [0.1, 0.15) is 5.75 Å². The van der Waals surface area contributed by atoms with Crippen LogP contribution in [0.25, 0.3) is 0 Å². The lowest BCUT2D eigenvalue weighted by Crippen LogP contribution is -2.39. The Morgan fingerprint density at radius 1 is 1.21 bits per heavy atom. The van der Waals surface area contributed by atoms with Gasteiger partial charge in [-0.15, -0.1) is 0 Å². The maximum atomic E-state index is 12.2. The number of thioether (sulfide) groups is 1. The summed E-state index contributed by atoms with van der Waals surface area (Å²) in [5, 5.41) is 3.70. The van der Waals surface area contributed by atoms with E-state index < -0.39 is 6.10 Å². The fourth-order valence-corrected chi connectivity index (χ4v) is 3.18. The lowest BCUT2D eigenvalue weighted by molar-refractivity contribution is -0.127. The van der Waals surface area contributed by atoms with Crippen molar-refractivity contribution in [1.29, 1.82) is 0 Å². The van der Waals surface area contributed by atoms with E-state index in [-0.39, 0.29) is 5.91 Å². The molecule has 0 heterocycles. The second kappa shape index (κ2) is 10.3. The molecule has 0 aromatic heterocycles. The number of benzene rings is 2. The quantitative estimate of drug-likeness (QED) is 0.664. The average Bonchev–Trinajstić information content (AvgIpc) is 2.60. The maximum absolute atomic E-state index is 12.2. The second-order valence-electron chi connectivity index (χ2n) is 5.30. The highest BCUT2D eigenvalue weighted by atomic mass is 35.5. The molecule has 128 valence electrons. The molecular weight excluding hydrogens is 342 g/mol. The van der Waals surface area contributed by atoms with Crippen LogP contribution in [0.4, 0.5) is 0 Å². The second-order valence-corrected chi connectivity index (χ2v) is 6.84. The van der Waals surface area contributed by atoms with Crippen molar-refractivity contribution in [3.63, 3.8) is 0 Å². The monoisotopic (exact) mass is 363 g/mol. The van der Waals surface area contributed by atoms with Gasteiger partial charge in [-0.25, -0.2) is 0 Å². The molecule has 5 heteroatoms. The van der Waals surface area contributed by atoms with Gasteiger partial charge in [-0.1, -0.05) is 48.9 Å². The molecule has 0 aliphatic rings. The van der Waals surface area contributed by atoms with Crippen LogP contribution in [0.5, 0.6) is 5.75 Å². The highest BCUT2D eigenvalue weighted by Gasteiger charge is 2.17. The Balaban J connectivity index is 1.68. The van der Waals surface area contributed by atoms with Gasteiger partial charge >= 0.3 is 0 Å². The zero-order valence-corrected chi connectivity index (χ0v) is 15.3. The molecule has 0 radical (unpaired) electrons. The van der Waals surface area contributed by atoms with Crippen molar-refractivity contribution >= 4 is 29.3 Å². The number of rotatable bonds is 9. The van der Waals surface area contributed by atoms with E-state index in [1.165, 1.54) is 5.56 Å². The largest absolute Gasteiger partial charge is 0.481 e. The van der Waals surface area contributed by atoms with Crippen LogP contribution in [0.1, 0.15) is 18.9 Å². The number of hydrogen-bond donors (Lipinski definition) is 1. The van der Waals surface area contributed by atoms with E-state index in [9.17, 15) is 4.79 Å². The SMILES string of the molecule is CC[C@H](Oc1ccccc1)C(=O)NCCSCc1cccc(Cl)c1. The standard InChI is InChI=1S/C19H22ClNO2S/c1-2-18(23-17-9-4-3-5-10-17)19(22)21-11-12-24-14-15-7-6-8-16(20)13-15/h3-10,13,18H,2,11-12,14H2,1H3,(H,21,22)/t18-/m0/s1. The maximum Gasteiger partial charge on any atom is 0.261 e. The Kier molecular flexibility index (Phi) is 7.99. The Bertz CT molecular complexity index is 636. The minimum atomic E-state index is -0.453. The molecule has 0 saturated carbocycles. The molecule has 0 saturated heterocycles. The number of halogens is 1. The van der Waals surface area contributed by atoms with Crippen LogP contribution in [0, 0.1) is 0 Å². The van der Waals surface area contributed by atoms with E-state index in [1.54, 1.807) is 11.8 Å². The normalized spacial score (nSPS) is 11.8. The van der Waals surface area contributed by atoms with E-state index in [4.69, 9.17) is 16.3 Å². The lowest BCUT2D eigenvalue weighted by atomic mass is 10.2. The third kappa shape index (κ3) is 6.46. The summed E-state index contributed by atoms with van der Waals surface area (Å²) in [5.74, 6) is 2.38. The van der Waals surface area contributed by atoms with Crippen molar-refractivity contribution in [3.05, 3.63) is 65.2 Å². The smallest absolute Gasteiger partial charge is 0.261 e. The van der Waals surface area contributed by atoms with Crippen molar-refractivity contribution in [2.75, 3.05) is 12.3 Å². The zero-order valence-electron chi connectivity index (χ0n) is 13.7. The number of nitrogens with one attached hydrogen (secondary N) is 1. The minimum Gasteiger partial charge on any atom is -0.481 e. The first-order valence-electron chi connectivity index (χ1n) is 8.00. The Morgan fingerprint density at radius 3 is 2.71 bits per heavy atom. The van der Waals surface area contributed by atoms with Gasteiger partial charge < -0.3 is 10.1 Å². The van der Waals surface area contributed by atoms with Gasteiger partial charge in [0.05, 0.1) is 0 Å². The summed E-state index contributed by atoms with van der Waals surface area (Å²) in [7, 11) is 0. The molecule has 2 aromatic carbocycles. The molecular formula is C19H22ClNO2S. The molecule has 3 nitrogen and oxygen atoms in total. The van der Waals surface area contributed by atoms with Crippen LogP contribution in [-0.2, 0) is 10.5 Å². The van der Waals surface area contributed by atoms with Gasteiger partial charge in [0.25, 0.3) is 5.91 Å². The summed E-state index contributed by atoms with van der Waals surface area (Å²) in [4.78, 5) is 12.2. The van der Waals surface area contributed by atoms with Crippen LogP contribution < -0.4 is 10.1 Å². The molecule has 0 fully saturated rings. The summed E-state index contributed by atoms with van der Waals surface area (Å²) < 4.78 is 5.73. The number of carbonyl (C=O) groups excluding carboxylic acids is 1. The molecule has 1 N–H and O–H groups in total. The van der Waals surface area contributed by atoms with Crippen LogP contribution in [0.3, 0.4) is 0 Å². The molecule has 0 bridgehead atoms. The summed E-state index contributed by atoms with van der Waals surface area (Å²) in [6, 6.07) is 17.3. The number of amides is 1. The summed E-state index contributed by atoms with van der Waals surface area (Å²) >= 11 is 7.73.